The Labute approximate surface area is 232 Å². The number of aromatic nitrogens is 3. The van der Waals surface area contributed by atoms with Crippen molar-refractivity contribution in [1.82, 2.24) is 20.1 Å². The van der Waals surface area contributed by atoms with Gasteiger partial charge in [-0.05, 0) is 44.0 Å². The Kier molecular flexibility index (Phi) is 7.74. The van der Waals surface area contributed by atoms with Crippen molar-refractivity contribution in [1.29, 1.82) is 0 Å². The number of anilines is 1. The van der Waals surface area contributed by atoms with Gasteiger partial charge in [-0.1, -0.05) is 48.0 Å². The number of halogens is 1. The third kappa shape index (κ3) is 5.71. The Hall–Kier alpha value is -3.66. The highest BCUT2D eigenvalue weighted by Gasteiger charge is 2.38. The molecule has 1 aliphatic rings. The standard InChI is InChI=1S/C29H32ClN5O4/c1-5-35-27-20(16-33-35)25(31-14-18-11-12-24(37-4)22(30)13-18)21(15-32-27)28(36)34-23-17-38-29(2,3)39-26(23)19-9-7-6-8-10-19/h6-13,15-16,23,26H,5,14,17H2,1-4H3,(H,31,32)(H,34,36)/t23-,26-/m0/s1. The van der Waals surface area contributed by atoms with Crippen LogP contribution in [0.3, 0.4) is 0 Å². The Morgan fingerprint density at radius 3 is 2.72 bits per heavy atom. The van der Waals surface area contributed by atoms with Crippen LogP contribution in [-0.4, -0.2) is 46.2 Å². The van der Waals surface area contributed by atoms with Gasteiger partial charge in [0.1, 0.15) is 11.9 Å². The lowest BCUT2D eigenvalue weighted by atomic mass is 10.00. The number of ether oxygens (including phenoxy) is 3. The Bertz CT molecular complexity index is 1470. The molecule has 3 heterocycles. The normalized spacial score (nSPS) is 18.6. The van der Waals surface area contributed by atoms with Gasteiger partial charge in [-0.15, -0.1) is 0 Å². The van der Waals surface area contributed by atoms with Crippen molar-refractivity contribution in [3.63, 3.8) is 0 Å². The second-order valence-corrected chi connectivity index (χ2v) is 10.2. The molecule has 4 aromatic rings. The first kappa shape index (κ1) is 26.9. The van der Waals surface area contributed by atoms with Crippen molar-refractivity contribution in [3.8, 4) is 5.75 Å². The number of methoxy groups -OCH3 is 1. The average Bonchev–Trinajstić information content (AvgIpc) is 3.36. The van der Waals surface area contributed by atoms with Crippen LogP contribution in [0.15, 0.2) is 60.9 Å². The van der Waals surface area contributed by atoms with Crippen LogP contribution in [0.5, 0.6) is 5.75 Å². The van der Waals surface area contributed by atoms with Gasteiger partial charge in [-0.3, -0.25) is 4.79 Å². The lowest BCUT2D eigenvalue weighted by molar-refractivity contribution is -0.284. The lowest BCUT2D eigenvalue weighted by Crippen LogP contribution is -2.52. The monoisotopic (exact) mass is 549 g/mol. The fraction of sp³-hybridized carbons (Fsp3) is 0.345. The van der Waals surface area contributed by atoms with Crippen molar-refractivity contribution < 1.29 is 19.0 Å². The Morgan fingerprint density at radius 1 is 1.21 bits per heavy atom. The molecule has 2 atom stereocenters. The van der Waals surface area contributed by atoms with E-state index in [0.29, 0.717) is 47.4 Å². The zero-order valence-corrected chi connectivity index (χ0v) is 23.2. The van der Waals surface area contributed by atoms with Crippen molar-refractivity contribution in [2.75, 3.05) is 19.0 Å². The molecule has 0 saturated carbocycles. The number of carbonyl (C=O) groups excluding carboxylic acids is 1. The van der Waals surface area contributed by atoms with Gasteiger partial charge in [0.05, 0.1) is 47.6 Å². The predicted octanol–water partition coefficient (Wildman–Crippen LogP) is 5.35. The van der Waals surface area contributed by atoms with E-state index in [4.69, 9.17) is 25.8 Å². The molecule has 1 aliphatic heterocycles. The number of hydrogen-bond donors (Lipinski definition) is 2. The fourth-order valence-corrected chi connectivity index (χ4v) is 5.02. The minimum atomic E-state index is -0.775. The quantitative estimate of drug-likeness (QED) is 0.306. The van der Waals surface area contributed by atoms with Crippen molar-refractivity contribution >= 4 is 34.2 Å². The van der Waals surface area contributed by atoms with Gasteiger partial charge in [0.2, 0.25) is 0 Å². The second kappa shape index (κ2) is 11.2. The molecule has 1 amide bonds. The molecule has 39 heavy (non-hydrogen) atoms. The minimum Gasteiger partial charge on any atom is -0.495 e. The fourth-order valence-electron chi connectivity index (χ4n) is 4.74. The zero-order chi connectivity index (χ0) is 27.6. The van der Waals surface area contributed by atoms with E-state index in [9.17, 15) is 4.79 Å². The average molecular weight is 550 g/mol. The highest BCUT2D eigenvalue weighted by Crippen LogP contribution is 2.34. The van der Waals surface area contributed by atoms with Gasteiger partial charge < -0.3 is 24.8 Å². The summed E-state index contributed by atoms with van der Waals surface area (Å²) in [5.41, 5.74) is 3.62. The number of benzene rings is 2. The van der Waals surface area contributed by atoms with E-state index >= 15 is 0 Å². The number of nitrogens with zero attached hydrogens (tertiary/aromatic N) is 3. The van der Waals surface area contributed by atoms with E-state index in [1.165, 1.54) is 0 Å². The third-order valence-corrected chi connectivity index (χ3v) is 7.02. The first-order valence-electron chi connectivity index (χ1n) is 12.9. The van der Waals surface area contributed by atoms with Gasteiger partial charge in [0, 0.05) is 19.3 Å². The number of fused-ring (bicyclic) bond motifs is 1. The molecule has 9 nitrogen and oxygen atoms in total. The van der Waals surface area contributed by atoms with Gasteiger partial charge in [0.15, 0.2) is 11.4 Å². The van der Waals surface area contributed by atoms with Gasteiger partial charge in [-0.2, -0.15) is 5.10 Å². The van der Waals surface area contributed by atoms with Crippen LogP contribution in [0.1, 0.15) is 48.4 Å². The highest BCUT2D eigenvalue weighted by atomic mass is 35.5. The van der Waals surface area contributed by atoms with Gasteiger partial charge in [-0.25, -0.2) is 9.67 Å². The molecule has 0 bridgehead atoms. The van der Waals surface area contributed by atoms with E-state index in [2.05, 4.69) is 20.7 Å². The van der Waals surface area contributed by atoms with E-state index in [-0.39, 0.29) is 12.0 Å². The number of aryl methyl sites for hydroxylation is 1. The molecule has 2 aromatic carbocycles. The smallest absolute Gasteiger partial charge is 0.255 e. The summed E-state index contributed by atoms with van der Waals surface area (Å²) in [4.78, 5) is 18.4. The molecule has 2 N–H and O–H groups in total. The molecule has 1 fully saturated rings. The minimum absolute atomic E-state index is 0.290. The topological polar surface area (TPSA) is 99.5 Å². The number of amides is 1. The van der Waals surface area contributed by atoms with Crippen molar-refractivity contribution in [2.24, 2.45) is 0 Å². The molecule has 0 radical (unpaired) electrons. The summed E-state index contributed by atoms with van der Waals surface area (Å²) in [5, 5.41) is 12.3. The molecular formula is C29H32ClN5O4. The summed E-state index contributed by atoms with van der Waals surface area (Å²) in [6, 6.07) is 15.0. The highest BCUT2D eigenvalue weighted by molar-refractivity contribution is 6.32. The third-order valence-electron chi connectivity index (χ3n) is 6.73. The van der Waals surface area contributed by atoms with E-state index in [1.54, 1.807) is 24.2 Å². The van der Waals surface area contributed by atoms with Crippen molar-refractivity contribution in [2.45, 2.75) is 51.8 Å². The van der Waals surface area contributed by atoms with Crippen LogP contribution in [-0.2, 0) is 22.6 Å². The van der Waals surface area contributed by atoms with E-state index in [0.717, 1.165) is 16.5 Å². The van der Waals surface area contributed by atoms with E-state index < -0.39 is 11.8 Å². The van der Waals surface area contributed by atoms with Crippen LogP contribution in [0, 0.1) is 0 Å². The van der Waals surface area contributed by atoms with Crippen LogP contribution in [0.2, 0.25) is 5.02 Å². The first-order chi connectivity index (χ1) is 18.8. The summed E-state index contributed by atoms with van der Waals surface area (Å²) in [6.07, 6.45) is 2.94. The number of carbonyl (C=O) groups is 1. The molecule has 0 unspecified atom stereocenters. The van der Waals surface area contributed by atoms with Crippen LogP contribution < -0.4 is 15.4 Å². The summed E-state index contributed by atoms with van der Waals surface area (Å²) in [6.45, 7) is 7.12. The van der Waals surface area contributed by atoms with Gasteiger partial charge >= 0.3 is 0 Å². The number of rotatable bonds is 8. The van der Waals surface area contributed by atoms with Crippen LogP contribution in [0.4, 0.5) is 5.69 Å². The number of nitrogens with one attached hydrogen (secondary N) is 2. The van der Waals surface area contributed by atoms with Crippen LogP contribution >= 0.6 is 11.6 Å². The molecule has 5 rings (SSSR count). The summed E-state index contributed by atoms with van der Waals surface area (Å²) in [7, 11) is 1.58. The molecule has 0 aliphatic carbocycles. The summed E-state index contributed by atoms with van der Waals surface area (Å²) >= 11 is 6.34. The molecular weight excluding hydrogens is 518 g/mol. The molecule has 0 spiro atoms. The maximum Gasteiger partial charge on any atom is 0.255 e. The van der Waals surface area contributed by atoms with E-state index in [1.807, 2.05) is 69.3 Å². The van der Waals surface area contributed by atoms with Gasteiger partial charge in [0.25, 0.3) is 5.91 Å². The lowest BCUT2D eigenvalue weighted by Gasteiger charge is -2.41. The summed E-state index contributed by atoms with van der Waals surface area (Å²) in [5.74, 6) is -0.464. The molecule has 204 valence electrons. The van der Waals surface area contributed by atoms with Crippen LogP contribution in [0.25, 0.3) is 11.0 Å². The second-order valence-electron chi connectivity index (χ2n) is 9.81. The Balaban J connectivity index is 1.45. The number of pyridine rings is 1. The Morgan fingerprint density at radius 2 is 2.00 bits per heavy atom. The molecule has 10 heteroatoms. The van der Waals surface area contributed by atoms with Crippen molar-refractivity contribution in [3.05, 3.63) is 82.6 Å². The maximum atomic E-state index is 13.8. The predicted molar refractivity (Wildman–Crippen MR) is 150 cm³/mol. The zero-order valence-electron chi connectivity index (χ0n) is 22.4. The summed E-state index contributed by atoms with van der Waals surface area (Å²) < 4.78 is 19.2. The molecule has 2 aromatic heterocycles. The SMILES string of the molecule is CCn1ncc2c(NCc3ccc(OC)c(Cl)c3)c(C(=O)N[C@H]3COC(C)(C)O[C@H]3c3ccccc3)cnc21. The molecule has 1 saturated heterocycles. The first-order valence-corrected chi connectivity index (χ1v) is 13.3. The maximum absolute atomic E-state index is 13.8. The largest absolute Gasteiger partial charge is 0.495 e. The number of hydrogen-bond acceptors (Lipinski definition) is 7.